The highest BCUT2D eigenvalue weighted by atomic mass is 14.9. The maximum atomic E-state index is 4.63. The van der Waals surface area contributed by atoms with E-state index in [9.17, 15) is 0 Å². The largest absolute Gasteiger partial charge is 0.236 e. The third-order valence-electron chi connectivity index (χ3n) is 3.30. The molecule has 0 aliphatic rings. The number of aromatic nitrogens is 2. The predicted octanol–water partition coefficient (Wildman–Crippen LogP) is 4.42. The molecule has 0 radical (unpaired) electrons. The standard InChI is InChI=1S/C17H16N2/c1-12(2)14-8-9-16-15(10-14)11-18-17(19-16)13-6-4-3-5-7-13/h3-12H,1-2H3. The molecule has 0 spiro atoms. The van der Waals surface area contributed by atoms with Gasteiger partial charge in [-0.05, 0) is 23.6 Å². The number of hydrogen-bond acceptors (Lipinski definition) is 2. The Morgan fingerprint density at radius 1 is 0.947 bits per heavy atom. The number of rotatable bonds is 2. The molecule has 0 aliphatic heterocycles. The van der Waals surface area contributed by atoms with E-state index in [0.29, 0.717) is 5.92 Å². The van der Waals surface area contributed by atoms with E-state index >= 15 is 0 Å². The van der Waals surface area contributed by atoms with E-state index in [4.69, 9.17) is 0 Å². The van der Waals surface area contributed by atoms with E-state index in [1.54, 1.807) is 0 Å². The minimum atomic E-state index is 0.526. The molecule has 19 heavy (non-hydrogen) atoms. The lowest BCUT2D eigenvalue weighted by Crippen LogP contribution is -1.92. The van der Waals surface area contributed by atoms with Crippen LogP contribution in [0.2, 0.25) is 0 Å². The summed E-state index contributed by atoms with van der Waals surface area (Å²) in [5, 5.41) is 1.10. The van der Waals surface area contributed by atoms with Gasteiger partial charge < -0.3 is 0 Å². The summed E-state index contributed by atoms with van der Waals surface area (Å²) in [4.78, 5) is 9.10. The Balaban J connectivity index is 2.10. The maximum Gasteiger partial charge on any atom is 0.159 e. The van der Waals surface area contributed by atoms with Gasteiger partial charge in [-0.1, -0.05) is 50.2 Å². The van der Waals surface area contributed by atoms with Crippen molar-refractivity contribution in [2.24, 2.45) is 0 Å². The quantitative estimate of drug-likeness (QED) is 0.671. The number of fused-ring (bicyclic) bond motifs is 1. The second-order valence-corrected chi connectivity index (χ2v) is 5.03. The highest BCUT2D eigenvalue weighted by Gasteiger charge is 2.05. The summed E-state index contributed by atoms with van der Waals surface area (Å²) in [5.74, 6) is 1.31. The molecule has 0 atom stereocenters. The zero-order chi connectivity index (χ0) is 13.2. The van der Waals surface area contributed by atoms with Gasteiger partial charge in [0, 0.05) is 17.1 Å². The summed E-state index contributed by atoms with van der Waals surface area (Å²) in [6.07, 6.45) is 1.91. The van der Waals surface area contributed by atoms with Crippen LogP contribution < -0.4 is 0 Å². The molecule has 3 aromatic rings. The third kappa shape index (κ3) is 2.34. The SMILES string of the molecule is CC(C)c1ccc2nc(-c3ccccc3)ncc2c1. The minimum absolute atomic E-state index is 0.526. The van der Waals surface area contributed by atoms with Crippen LogP contribution in [0.4, 0.5) is 0 Å². The van der Waals surface area contributed by atoms with Gasteiger partial charge in [-0.25, -0.2) is 9.97 Å². The zero-order valence-corrected chi connectivity index (χ0v) is 11.2. The maximum absolute atomic E-state index is 4.63. The molecular formula is C17H16N2. The lowest BCUT2D eigenvalue weighted by Gasteiger charge is -2.07. The summed E-state index contributed by atoms with van der Waals surface area (Å²) in [6, 6.07) is 16.5. The van der Waals surface area contributed by atoms with Crippen LogP contribution in [-0.4, -0.2) is 9.97 Å². The van der Waals surface area contributed by atoms with E-state index in [0.717, 1.165) is 22.3 Å². The van der Waals surface area contributed by atoms with Crippen LogP contribution in [0.5, 0.6) is 0 Å². The van der Waals surface area contributed by atoms with Crippen molar-refractivity contribution in [2.45, 2.75) is 19.8 Å². The second kappa shape index (κ2) is 4.81. The van der Waals surface area contributed by atoms with Gasteiger partial charge in [0.1, 0.15) is 0 Å². The molecule has 0 amide bonds. The average Bonchev–Trinajstić information content (AvgIpc) is 2.47. The Bertz CT molecular complexity index is 703. The molecule has 0 aliphatic carbocycles. The summed E-state index contributed by atoms with van der Waals surface area (Å²) < 4.78 is 0. The van der Waals surface area contributed by atoms with Crippen LogP contribution in [0.1, 0.15) is 25.3 Å². The first-order valence-electron chi connectivity index (χ1n) is 6.56. The zero-order valence-electron chi connectivity index (χ0n) is 11.2. The van der Waals surface area contributed by atoms with Gasteiger partial charge in [0.25, 0.3) is 0 Å². The van der Waals surface area contributed by atoms with Crippen molar-refractivity contribution in [1.82, 2.24) is 9.97 Å². The van der Waals surface area contributed by atoms with E-state index in [2.05, 4.69) is 42.0 Å². The molecule has 0 N–H and O–H groups in total. The van der Waals surface area contributed by atoms with E-state index < -0.39 is 0 Å². The summed E-state index contributed by atoms with van der Waals surface area (Å²) in [7, 11) is 0. The van der Waals surface area contributed by atoms with Gasteiger partial charge in [0.15, 0.2) is 5.82 Å². The van der Waals surface area contributed by atoms with Crippen molar-refractivity contribution in [3.63, 3.8) is 0 Å². The molecule has 3 rings (SSSR count). The molecule has 0 unspecified atom stereocenters. The third-order valence-corrected chi connectivity index (χ3v) is 3.30. The van der Waals surface area contributed by atoms with Gasteiger partial charge in [-0.3, -0.25) is 0 Å². The molecule has 1 aromatic heterocycles. The molecular weight excluding hydrogens is 232 g/mol. The molecule has 1 heterocycles. The predicted molar refractivity (Wildman–Crippen MR) is 79.1 cm³/mol. The lowest BCUT2D eigenvalue weighted by atomic mass is 10.0. The lowest BCUT2D eigenvalue weighted by molar-refractivity contribution is 0.868. The van der Waals surface area contributed by atoms with Crippen molar-refractivity contribution >= 4 is 10.9 Å². The van der Waals surface area contributed by atoms with E-state index in [1.165, 1.54) is 5.56 Å². The van der Waals surface area contributed by atoms with Crippen molar-refractivity contribution in [1.29, 1.82) is 0 Å². The fraction of sp³-hybridized carbons (Fsp3) is 0.176. The Hall–Kier alpha value is -2.22. The highest BCUT2D eigenvalue weighted by Crippen LogP contribution is 2.22. The van der Waals surface area contributed by atoms with Gasteiger partial charge >= 0.3 is 0 Å². The first-order chi connectivity index (χ1) is 9.24. The van der Waals surface area contributed by atoms with Gasteiger partial charge in [-0.15, -0.1) is 0 Å². The van der Waals surface area contributed by atoms with Crippen LogP contribution in [0, 0.1) is 0 Å². The molecule has 94 valence electrons. The van der Waals surface area contributed by atoms with Crippen LogP contribution >= 0.6 is 0 Å². The van der Waals surface area contributed by atoms with Crippen molar-refractivity contribution < 1.29 is 0 Å². The van der Waals surface area contributed by atoms with Crippen molar-refractivity contribution in [3.05, 3.63) is 60.3 Å². The van der Waals surface area contributed by atoms with Gasteiger partial charge in [0.05, 0.1) is 5.52 Å². The van der Waals surface area contributed by atoms with Crippen molar-refractivity contribution in [2.75, 3.05) is 0 Å². The number of benzene rings is 2. The fourth-order valence-electron chi connectivity index (χ4n) is 2.14. The van der Waals surface area contributed by atoms with Crippen LogP contribution in [0.15, 0.2) is 54.7 Å². The number of hydrogen-bond donors (Lipinski definition) is 0. The average molecular weight is 248 g/mol. The molecule has 2 aromatic carbocycles. The van der Waals surface area contributed by atoms with E-state index in [1.807, 2.05) is 36.5 Å². The minimum Gasteiger partial charge on any atom is -0.236 e. The molecule has 0 saturated heterocycles. The smallest absolute Gasteiger partial charge is 0.159 e. The Morgan fingerprint density at radius 2 is 1.74 bits per heavy atom. The second-order valence-electron chi connectivity index (χ2n) is 5.03. The van der Waals surface area contributed by atoms with Gasteiger partial charge in [0.2, 0.25) is 0 Å². The summed E-state index contributed by atoms with van der Waals surface area (Å²) in [6.45, 7) is 4.39. The van der Waals surface area contributed by atoms with Crippen LogP contribution in [0.25, 0.3) is 22.3 Å². The van der Waals surface area contributed by atoms with Crippen LogP contribution in [-0.2, 0) is 0 Å². The molecule has 0 saturated carbocycles. The van der Waals surface area contributed by atoms with Gasteiger partial charge in [-0.2, -0.15) is 0 Å². The summed E-state index contributed by atoms with van der Waals surface area (Å²) in [5.41, 5.74) is 3.37. The topological polar surface area (TPSA) is 25.8 Å². The molecule has 0 bridgehead atoms. The van der Waals surface area contributed by atoms with E-state index in [-0.39, 0.29) is 0 Å². The highest BCUT2D eigenvalue weighted by molar-refractivity contribution is 5.80. The Morgan fingerprint density at radius 3 is 2.47 bits per heavy atom. The first kappa shape index (κ1) is 11.8. The molecule has 0 fully saturated rings. The van der Waals surface area contributed by atoms with Crippen LogP contribution in [0.3, 0.4) is 0 Å². The van der Waals surface area contributed by atoms with Crippen molar-refractivity contribution in [3.8, 4) is 11.4 Å². The molecule has 2 heteroatoms. The monoisotopic (exact) mass is 248 g/mol. The summed E-state index contributed by atoms with van der Waals surface area (Å²) >= 11 is 0. The number of nitrogens with zero attached hydrogens (tertiary/aromatic N) is 2. The Labute approximate surface area is 113 Å². The first-order valence-corrected chi connectivity index (χ1v) is 6.56. The normalized spacial score (nSPS) is 11.1. The Kier molecular flexibility index (Phi) is 3.00. The molecule has 2 nitrogen and oxygen atoms in total. The fourth-order valence-corrected chi connectivity index (χ4v) is 2.14.